The Labute approximate surface area is 98.9 Å². The zero-order valence-corrected chi connectivity index (χ0v) is 9.46. The van der Waals surface area contributed by atoms with Crippen LogP contribution >= 0.6 is 0 Å². The van der Waals surface area contributed by atoms with Crippen LogP contribution in [0.3, 0.4) is 0 Å². The third-order valence-corrected chi connectivity index (χ3v) is 3.42. The third-order valence-electron chi connectivity index (χ3n) is 3.42. The van der Waals surface area contributed by atoms with Gasteiger partial charge in [0.1, 0.15) is 23.0 Å². The van der Waals surface area contributed by atoms with Gasteiger partial charge >= 0.3 is 0 Å². The molecule has 1 aliphatic heterocycles. The summed E-state index contributed by atoms with van der Waals surface area (Å²) in [5.74, 6) is -0.424. The standard InChI is InChI=1S/C13H13NO3/c1-13(16)7-9(15)10-11(14-17-12(10)13)8-5-3-2-4-6-8/h2-6,10,12,16H,7H2,1H3/t10-,12+,13+/m1/s1. The molecule has 4 heteroatoms. The Morgan fingerprint density at radius 2 is 2.12 bits per heavy atom. The molecule has 3 rings (SSSR count). The van der Waals surface area contributed by atoms with Crippen LogP contribution in [0.15, 0.2) is 35.5 Å². The van der Waals surface area contributed by atoms with Crippen LogP contribution in [0.2, 0.25) is 0 Å². The SMILES string of the molecule is C[C@]1(O)CC(=O)[C@@H]2C(c3ccccc3)=NO[C@@H]21. The Bertz CT molecular complexity index is 493. The summed E-state index contributed by atoms with van der Waals surface area (Å²) in [4.78, 5) is 17.2. The van der Waals surface area contributed by atoms with E-state index in [1.54, 1.807) is 6.92 Å². The molecule has 0 unspecified atom stereocenters. The fraction of sp³-hybridized carbons (Fsp3) is 0.385. The minimum absolute atomic E-state index is 0.0000954. The molecule has 2 aliphatic rings. The normalized spacial score (nSPS) is 35.4. The number of fused-ring (bicyclic) bond motifs is 1. The highest BCUT2D eigenvalue weighted by Gasteiger charge is 2.56. The molecule has 17 heavy (non-hydrogen) atoms. The molecule has 1 aromatic carbocycles. The molecule has 88 valence electrons. The predicted molar refractivity (Wildman–Crippen MR) is 61.6 cm³/mol. The first-order chi connectivity index (χ1) is 8.09. The second kappa shape index (κ2) is 3.40. The molecule has 0 aromatic heterocycles. The minimum Gasteiger partial charge on any atom is -0.388 e. The van der Waals surface area contributed by atoms with Crippen LogP contribution in [0.4, 0.5) is 0 Å². The monoisotopic (exact) mass is 231 g/mol. The summed E-state index contributed by atoms with van der Waals surface area (Å²) in [6.45, 7) is 1.62. The van der Waals surface area contributed by atoms with Crippen LogP contribution in [0.5, 0.6) is 0 Å². The lowest BCUT2D eigenvalue weighted by Crippen LogP contribution is -2.37. The van der Waals surface area contributed by atoms with E-state index in [1.807, 2.05) is 30.3 Å². The van der Waals surface area contributed by atoms with Gasteiger partial charge in [0.2, 0.25) is 0 Å². The number of benzene rings is 1. The van der Waals surface area contributed by atoms with Gasteiger partial charge in [-0.2, -0.15) is 0 Å². The van der Waals surface area contributed by atoms with Gasteiger partial charge in [-0.05, 0) is 6.92 Å². The summed E-state index contributed by atoms with van der Waals surface area (Å²) in [7, 11) is 0. The zero-order valence-electron chi connectivity index (χ0n) is 9.46. The highest BCUT2D eigenvalue weighted by atomic mass is 16.7. The number of Topliss-reactive ketones (excluding diaryl/α,β-unsaturated/α-hetero) is 1. The van der Waals surface area contributed by atoms with E-state index in [0.29, 0.717) is 5.71 Å². The van der Waals surface area contributed by atoms with Gasteiger partial charge in [0.15, 0.2) is 6.10 Å². The van der Waals surface area contributed by atoms with Crippen LogP contribution < -0.4 is 0 Å². The minimum atomic E-state index is -1.11. The largest absolute Gasteiger partial charge is 0.388 e. The summed E-state index contributed by atoms with van der Waals surface area (Å²) >= 11 is 0. The van der Waals surface area contributed by atoms with Gasteiger partial charge in [0, 0.05) is 12.0 Å². The molecule has 4 nitrogen and oxygen atoms in total. The van der Waals surface area contributed by atoms with Crippen molar-refractivity contribution in [3.8, 4) is 0 Å². The van der Waals surface area contributed by atoms with Crippen LogP contribution in [-0.2, 0) is 9.63 Å². The molecule has 0 radical (unpaired) electrons. The van der Waals surface area contributed by atoms with Gasteiger partial charge in [-0.3, -0.25) is 4.79 Å². The van der Waals surface area contributed by atoms with Crippen molar-refractivity contribution in [3.63, 3.8) is 0 Å². The van der Waals surface area contributed by atoms with E-state index in [1.165, 1.54) is 0 Å². The smallest absolute Gasteiger partial charge is 0.171 e. The van der Waals surface area contributed by atoms with Crippen molar-refractivity contribution in [2.24, 2.45) is 11.1 Å². The molecular weight excluding hydrogens is 218 g/mol. The van der Waals surface area contributed by atoms with Crippen molar-refractivity contribution in [1.29, 1.82) is 0 Å². The zero-order chi connectivity index (χ0) is 12.0. The van der Waals surface area contributed by atoms with Crippen LogP contribution in [0, 0.1) is 5.92 Å². The van der Waals surface area contributed by atoms with E-state index in [9.17, 15) is 9.90 Å². The molecule has 1 saturated carbocycles. The Balaban J connectivity index is 1.99. The Kier molecular flexibility index (Phi) is 2.10. The van der Waals surface area contributed by atoms with Crippen molar-refractivity contribution in [2.75, 3.05) is 0 Å². The molecule has 0 bridgehead atoms. The first-order valence-electron chi connectivity index (χ1n) is 5.64. The van der Waals surface area contributed by atoms with Crippen molar-refractivity contribution >= 4 is 11.5 Å². The van der Waals surface area contributed by atoms with E-state index in [2.05, 4.69) is 5.16 Å². The summed E-state index contributed by atoms with van der Waals surface area (Å²) in [6, 6.07) is 9.48. The van der Waals surface area contributed by atoms with Crippen molar-refractivity contribution in [1.82, 2.24) is 0 Å². The first kappa shape index (κ1) is 10.5. The number of carbonyl (C=O) groups is 1. The number of aliphatic hydroxyl groups is 1. The molecular formula is C13H13NO3. The fourth-order valence-electron chi connectivity index (χ4n) is 2.57. The number of rotatable bonds is 1. The molecule has 1 aliphatic carbocycles. The lowest BCUT2D eigenvalue weighted by atomic mass is 9.91. The highest BCUT2D eigenvalue weighted by Crippen LogP contribution is 2.40. The molecule has 3 atom stereocenters. The fourth-order valence-corrected chi connectivity index (χ4v) is 2.57. The second-order valence-electron chi connectivity index (χ2n) is 4.85. The molecule has 1 N–H and O–H groups in total. The Morgan fingerprint density at radius 1 is 1.41 bits per heavy atom. The summed E-state index contributed by atoms with van der Waals surface area (Å²) in [5.41, 5.74) is 0.409. The molecule has 0 amide bonds. The number of hydrogen-bond donors (Lipinski definition) is 1. The van der Waals surface area contributed by atoms with Gasteiger partial charge in [0.25, 0.3) is 0 Å². The molecule has 0 spiro atoms. The quantitative estimate of drug-likeness (QED) is 0.788. The van der Waals surface area contributed by atoms with E-state index in [-0.39, 0.29) is 12.2 Å². The van der Waals surface area contributed by atoms with Gasteiger partial charge in [-0.15, -0.1) is 0 Å². The van der Waals surface area contributed by atoms with Crippen molar-refractivity contribution < 1.29 is 14.7 Å². The van der Waals surface area contributed by atoms with Gasteiger partial charge < -0.3 is 9.94 Å². The van der Waals surface area contributed by atoms with Gasteiger partial charge in [-0.25, -0.2) is 0 Å². The van der Waals surface area contributed by atoms with E-state index in [4.69, 9.17) is 4.84 Å². The van der Waals surface area contributed by atoms with Gasteiger partial charge in [0.05, 0.1) is 0 Å². The van der Waals surface area contributed by atoms with Crippen LogP contribution in [0.25, 0.3) is 0 Å². The molecule has 1 aromatic rings. The lowest BCUT2D eigenvalue weighted by Gasteiger charge is -2.20. The van der Waals surface area contributed by atoms with Crippen LogP contribution in [0.1, 0.15) is 18.9 Å². The first-order valence-corrected chi connectivity index (χ1v) is 5.64. The van der Waals surface area contributed by atoms with Crippen LogP contribution in [-0.4, -0.2) is 28.3 Å². The Morgan fingerprint density at radius 3 is 2.82 bits per heavy atom. The second-order valence-corrected chi connectivity index (χ2v) is 4.85. The Hall–Kier alpha value is -1.68. The number of carbonyl (C=O) groups excluding carboxylic acids is 1. The molecule has 1 fully saturated rings. The number of nitrogens with zero attached hydrogens (tertiary/aromatic N) is 1. The number of oxime groups is 1. The van der Waals surface area contributed by atoms with Crippen molar-refractivity contribution in [2.45, 2.75) is 25.0 Å². The number of hydrogen-bond acceptors (Lipinski definition) is 4. The third kappa shape index (κ3) is 1.48. The summed E-state index contributed by atoms with van der Waals surface area (Å²) in [6.07, 6.45) is -0.404. The number of ketones is 1. The topological polar surface area (TPSA) is 58.9 Å². The van der Waals surface area contributed by atoms with E-state index in [0.717, 1.165) is 5.56 Å². The predicted octanol–water partition coefficient (Wildman–Crippen LogP) is 1.13. The van der Waals surface area contributed by atoms with E-state index >= 15 is 0 Å². The maximum Gasteiger partial charge on any atom is 0.171 e. The molecule has 0 saturated heterocycles. The van der Waals surface area contributed by atoms with Gasteiger partial charge in [-0.1, -0.05) is 35.5 Å². The van der Waals surface area contributed by atoms with Crippen molar-refractivity contribution in [3.05, 3.63) is 35.9 Å². The summed E-state index contributed by atoms with van der Waals surface area (Å²) < 4.78 is 0. The summed E-state index contributed by atoms with van der Waals surface area (Å²) in [5, 5.41) is 14.1. The van der Waals surface area contributed by atoms with E-state index < -0.39 is 17.6 Å². The lowest BCUT2D eigenvalue weighted by molar-refractivity contribution is -0.119. The molecule has 1 heterocycles. The highest BCUT2D eigenvalue weighted by molar-refractivity contribution is 6.16. The average molecular weight is 231 g/mol. The maximum atomic E-state index is 11.9. The average Bonchev–Trinajstić information content (AvgIpc) is 2.82. The maximum absolute atomic E-state index is 11.9.